The van der Waals surface area contributed by atoms with Crippen LogP contribution in [0.5, 0.6) is 0 Å². The van der Waals surface area contributed by atoms with Crippen LogP contribution in [0, 0.1) is 0 Å². The van der Waals surface area contributed by atoms with E-state index in [1.807, 2.05) is 11.3 Å². The maximum atomic E-state index is 6.70. The Hall–Kier alpha value is -10.1. The first-order valence-corrected chi connectivity index (χ1v) is 28.3. The van der Waals surface area contributed by atoms with E-state index in [-0.39, 0.29) is 0 Å². The first kappa shape index (κ1) is 46.1. The molecule has 0 N–H and O–H groups in total. The van der Waals surface area contributed by atoms with Crippen LogP contribution in [-0.2, 0) is 5.41 Å². The Morgan fingerprint density at radius 1 is 0.287 bits per heavy atom. The van der Waals surface area contributed by atoms with E-state index < -0.39 is 5.41 Å². The van der Waals surface area contributed by atoms with Gasteiger partial charge in [-0.2, -0.15) is 0 Å². The standard InChI is InChI=1S/C77H49NOS/c1-3-18-50(19-4-1)52-38-41-58(42-39-52)78(59-27-15-26-57(48-59)77(56-25-13-24-54(46-56)51-20-5-2-6-21-51)69-34-11-9-29-63(69)64-30-10-12-35-70(64)77)60-43-45-73-68(49-60)76-66(33-17-37-74(76)80-73)65-32-16-36-72-75(65)67-47-55(40-44-71(67)79-72)62-31-14-23-53-22-7-8-28-61(53)62/h1-49H. The maximum absolute atomic E-state index is 6.70. The monoisotopic (exact) mass is 1040 g/mol. The van der Waals surface area contributed by atoms with Gasteiger partial charge in [-0.3, -0.25) is 0 Å². The molecule has 0 amide bonds. The third kappa shape index (κ3) is 7.25. The van der Waals surface area contributed by atoms with E-state index in [2.05, 4.69) is 302 Å². The summed E-state index contributed by atoms with van der Waals surface area (Å²) < 4.78 is 9.19. The molecule has 1 aliphatic carbocycles. The van der Waals surface area contributed by atoms with E-state index in [0.717, 1.165) is 44.6 Å². The van der Waals surface area contributed by atoms with Crippen molar-refractivity contribution in [2.75, 3.05) is 4.90 Å². The second kappa shape index (κ2) is 18.6. The minimum Gasteiger partial charge on any atom is -0.456 e. The average molecular weight is 1040 g/mol. The van der Waals surface area contributed by atoms with E-state index >= 15 is 0 Å². The topological polar surface area (TPSA) is 16.4 Å². The lowest BCUT2D eigenvalue weighted by atomic mass is 9.67. The zero-order valence-corrected chi connectivity index (χ0v) is 44.4. The number of fused-ring (bicyclic) bond motifs is 10. The summed E-state index contributed by atoms with van der Waals surface area (Å²) in [5.74, 6) is 0. The molecule has 374 valence electrons. The van der Waals surface area contributed by atoms with Crippen molar-refractivity contribution in [3.8, 4) is 55.6 Å². The van der Waals surface area contributed by atoms with Gasteiger partial charge in [0.2, 0.25) is 0 Å². The number of nitrogens with zero attached hydrogens (tertiary/aromatic N) is 1. The molecule has 80 heavy (non-hydrogen) atoms. The summed E-state index contributed by atoms with van der Waals surface area (Å²) in [4.78, 5) is 2.46. The number of hydrogen-bond acceptors (Lipinski definition) is 3. The number of furan rings is 1. The number of rotatable bonds is 9. The molecule has 0 spiro atoms. The fraction of sp³-hybridized carbons (Fsp3) is 0.0130. The highest BCUT2D eigenvalue weighted by Gasteiger charge is 2.46. The lowest BCUT2D eigenvalue weighted by Crippen LogP contribution is -2.29. The van der Waals surface area contributed by atoms with Gasteiger partial charge in [0.05, 0.1) is 5.41 Å². The molecule has 2 nitrogen and oxygen atoms in total. The van der Waals surface area contributed by atoms with Crippen LogP contribution in [0.15, 0.2) is 302 Å². The average Bonchev–Trinajstić information content (AvgIpc) is 4.00. The third-order valence-corrected chi connectivity index (χ3v) is 17.9. The molecule has 15 aromatic rings. The molecule has 2 aromatic heterocycles. The lowest BCUT2D eigenvalue weighted by Gasteiger charge is -2.35. The second-order valence-electron chi connectivity index (χ2n) is 21.1. The molecule has 0 saturated heterocycles. The minimum atomic E-state index is -0.618. The molecular weight excluding hydrogens is 987 g/mol. The Labute approximate surface area is 468 Å². The predicted octanol–water partition coefficient (Wildman–Crippen LogP) is 21.6. The Morgan fingerprint density at radius 3 is 1.62 bits per heavy atom. The van der Waals surface area contributed by atoms with Crippen molar-refractivity contribution in [2.45, 2.75) is 5.41 Å². The smallest absolute Gasteiger partial charge is 0.136 e. The molecule has 0 bridgehead atoms. The van der Waals surface area contributed by atoms with E-state index in [9.17, 15) is 0 Å². The van der Waals surface area contributed by atoms with Crippen LogP contribution in [0.25, 0.3) is 109 Å². The summed E-state index contributed by atoms with van der Waals surface area (Å²) in [5.41, 5.74) is 21.4. The summed E-state index contributed by atoms with van der Waals surface area (Å²) in [7, 11) is 0. The molecule has 0 unspecified atom stereocenters. The molecule has 0 atom stereocenters. The summed E-state index contributed by atoms with van der Waals surface area (Å²) >= 11 is 1.85. The van der Waals surface area contributed by atoms with Crippen LogP contribution in [-0.4, -0.2) is 0 Å². The fourth-order valence-electron chi connectivity index (χ4n) is 13.2. The lowest BCUT2D eigenvalue weighted by molar-refractivity contribution is 0.669. The van der Waals surface area contributed by atoms with E-state index in [1.165, 1.54) is 103 Å². The van der Waals surface area contributed by atoms with Gasteiger partial charge < -0.3 is 9.32 Å². The van der Waals surface area contributed by atoms with Gasteiger partial charge in [0.25, 0.3) is 0 Å². The van der Waals surface area contributed by atoms with Crippen LogP contribution in [0.1, 0.15) is 22.3 Å². The van der Waals surface area contributed by atoms with Gasteiger partial charge >= 0.3 is 0 Å². The second-order valence-corrected chi connectivity index (χ2v) is 22.2. The largest absolute Gasteiger partial charge is 0.456 e. The SMILES string of the molecule is c1ccc(-c2ccc(N(c3cccc(C4(c5cccc(-c6ccccc6)c5)c5ccccc5-c5ccccc54)c3)c3ccc4sc5cccc(-c6cccc7oc8ccc(-c9cccc%10ccccc9%10)cc8c67)c5c4c3)cc2)cc1. The number of thiophene rings is 1. The zero-order chi connectivity index (χ0) is 52.7. The molecule has 1 aliphatic rings. The molecule has 0 saturated carbocycles. The zero-order valence-electron chi connectivity index (χ0n) is 43.6. The van der Waals surface area contributed by atoms with Gasteiger partial charge in [-0.05, 0) is 161 Å². The van der Waals surface area contributed by atoms with Gasteiger partial charge in [-0.1, -0.05) is 224 Å². The molecule has 16 rings (SSSR count). The highest BCUT2D eigenvalue weighted by Crippen LogP contribution is 2.57. The van der Waals surface area contributed by atoms with E-state index in [4.69, 9.17) is 4.42 Å². The maximum Gasteiger partial charge on any atom is 0.136 e. The van der Waals surface area contributed by atoms with Gasteiger partial charge in [-0.15, -0.1) is 11.3 Å². The normalized spacial score (nSPS) is 12.6. The highest BCUT2D eigenvalue weighted by atomic mass is 32.1. The van der Waals surface area contributed by atoms with Gasteiger partial charge in [-0.25, -0.2) is 0 Å². The van der Waals surface area contributed by atoms with Crippen LogP contribution < -0.4 is 4.90 Å². The van der Waals surface area contributed by atoms with Crippen molar-refractivity contribution < 1.29 is 4.42 Å². The van der Waals surface area contributed by atoms with Crippen molar-refractivity contribution in [3.05, 3.63) is 320 Å². The van der Waals surface area contributed by atoms with Crippen molar-refractivity contribution in [2.24, 2.45) is 0 Å². The van der Waals surface area contributed by atoms with Crippen LogP contribution >= 0.6 is 11.3 Å². The molecule has 13 aromatic carbocycles. The fourth-order valence-corrected chi connectivity index (χ4v) is 14.3. The Kier molecular flexibility index (Phi) is 10.7. The first-order valence-electron chi connectivity index (χ1n) is 27.5. The number of hydrogen-bond donors (Lipinski definition) is 0. The molecular formula is C77H49NOS. The minimum absolute atomic E-state index is 0.618. The van der Waals surface area contributed by atoms with E-state index in [1.54, 1.807) is 0 Å². The summed E-state index contributed by atoms with van der Waals surface area (Å²) in [6.45, 7) is 0. The molecule has 0 fully saturated rings. The highest BCUT2D eigenvalue weighted by molar-refractivity contribution is 7.26. The van der Waals surface area contributed by atoms with Gasteiger partial charge in [0, 0.05) is 48.0 Å². The van der Waals surface area contributed by atoms with Crippen LogP contribution in [0.2, 0.25) is 0 Å². The summed E-state index contributed by atoms with van der Waals surface area (Å²) in [6, 6.07) is 110. The Balaban J connectivity index is 0.901. The molecule has 2 heterocycles. The predicted molar refractivity (Wildman–Crippen MR) is 338 cm³/mol. The molecule has 3 heteroatoms. The van der Waals surface area contributed by atoms with Crippen molar-refractivity contribution in [3.63, 3.8) is 0 Å². The van der Waals surface area contributed by atoms with E-state index in [0.29, 0.717) is 0 Å². The first-order chi connectivity index (χ1) is 39.7. The third-order valence-electron chi connectivity index (χ3n) is 16.7. The molecule has 0 radical (unpaired) electrons. The van der Waals surface area contributed by atoms with Gasteiger partial charge in [0.15, 0.2) is 0 Å². The Morgan fingerprint density at radius 2 is 0.838 bits per heavy atom. The Bertz CT molecular complexity index is 4840. The van der Waals surface area contributed by atoms with Gasteiger partial charge in [0.1, 0.15) is 11.2 Å². The summed E-state index contributed by atoms with van der Waals surface area (Å²) in [5, 5.41) is 7.17. The molecule has 0 aliphatic heterocycles. The van der Waals surface area contributed by atoms with Crippen LogP contribution in [0.3, 0.4) is 0 Å². The van der Waals surface area contributed by atoms with Crippen LogP contribution in [0.4, 0.5) is 17.1 Å². The quantitative estimate of drug-likeness (QED) is 0.143. The van der Waals surface area contributed by atoms with Crippen molar-refractivity contribution in [1.29, 1.82) is 0 Å². The van der Waals surface area contributed by atoms with Crippen molar-refractivity contribution >= 4 is 81.3 Å². The van der Waals surface area contributed by atoms with Crippen molar-refractivity contribution in [1.82, 2.24) is 0 Å². The number of anilines is 3. The number of benzene rings is 13. The summed E-state index contributed by atoms with van der Waals surface area (Å²) in [6.07, 6.45) is 0.